The Morgan fingerprint density at radius 3 is 2.58 bits per heavy atom. The van der Waals surface area contributed by atoms with Gasteiger partial charge in [-0.2, -0.15) is 0 Å². The lowest BCUT2D eigenvalue weighted by molar-refractivity contribution is 0.0524. The van der Waals surface area contributed by atoms with Gasteiger partial charge in [-0.25, -0.2) is 4.79 Å². The smallest absolute Gasteiger partial charge is 0.407 e. The van der Waals surface area contributed by atoms with Crippen LogP contribution in [0.15, 0.2) is 6.20 Å². The van der Waals surface area contributed by atoms with Crippen LogP contribution in [0.1, 0.15) is 37.6 Å². The van der Waals surface area contributed by atoms with Crippen LogP contribution in [-0.4, -0.2) is 29.3 Å². The first-order valence-corrected chi connectivity index (χ1v) is 6.55. The molecule has 1 aromatic rings. The number of alkyl carbamates (subject to hydrolysis) is 1. The molecule has 5 nitrogen and oxygen atoms in total. The Morgan fingerprint density at radius 2 is 2.11 bits per heavy atom. The fourth-order valence-electron chi connectivity index (χ4n) is 1.86. The van der Waals surface area contributed by atoms with Gasteiger partial charge in [-0.15, -0.1) is 0 Å². The lowest BCUT2D eigenvalue weighted by atomic mass is 10.0. The topological polar surface area (TPSA) is 80.1 Å². The third-order valence-corrected chi connectivity index (χ3v) is 2.81. The van der Waals surface area contributed by atoms with Gasteiger partial charge in [-0.05, 0) is 52.2 Å². The first-order valence-electron chi connectivity index (χ1n) is 6.55. The molecule has 108 valence electrons. The molecule has 0 spiro atoms. The molecule has 0 saturated carbocycles. The average molecular weight is 267 g/mol. The van der Waals surface area contributed by atoms with Crippen LogP contribution in [0.4, 0.5) is 4.79 Å². The quantitative estimate of drug-likeness (QED) is 0.781. The van der Waals surface area contributed by atoms with Crippen molar-refractivity contribution in [2.24, 2.45) is 5.73 Å². The highest BCUT2D eigenvalue weighted by Crippen LogP contribution is 2.13. The van der Waals surface area contributed by atoms with Crippen molar-refractivity contribution in [1.82, 2.24) is 10.3 Å². The molecule has 1 atom stereocenters. The summed E-state index contributed by atoms with van der Waals surface area (Å²) < 4.78 is 5.16. The maximum absolute atomic E-state index is 11.5. The maximum atomic E-state index is 11.5. The van der Waals surface area contributed by atoms with E-state index in [9.17, 15) is 4.79 Å². The molecule has 0 aromatic carbocycles. The molecule has 1 rings (SSSR count). The van der Waals surface area contributed by atoms with Gasteiger partial charge in [0.05, 0.1) is 0 Å². The Morgan fingerprint density at radius 1 is 1.47 bits per heavy atom. The molecule has 0 aliphatic heterocycles. The van der Waals surface area contributed by atoms with E-state index in [4.69, 9.17) is 10.5 Å². The second-order valence-electron chi connectivity index (χ2n) is 5.92. The van der Waals surface area contributed by atoms with Gasteiger partial charge in [-0.1, -0.05) is 0 Å². The van der Waals surface area contributed by atoms with Crippen LogP contribution in [0.2, 0.25) is 0 Å². The minimum absolute atomic E-state index is 0.124. The Kier molecular flexibility index (Phi) is 5.00. The predicted molar refractivity (Wildman–Crippen MR) is 76.2 cm³/mol. The normalized spacial score (nSPS) is 13.2. The van der Waals surface area contributed by atoms with Crippen molar-refractivity contribution in [1.29, 1.82) is 0 Å². The Bertz CT molecular complexity index is 413. The molecule has 5 heteroatoms. The monoisotopic (exact) mass is 267 g/mol. The van der Waals surface area contributed by atoms with E-state index in [1.807, 2.05) is 40.8 Å². The second-order valence-corrected chi connectivity index (χ2v) is 5.92. The molecule has 4 N–H and O–H groups in total. The Labute approximate surface area is 114 Å². The summed E-state index contributed by atoms with van der Waals surface area (Å²) in [6.45, 7) is 9.97. The van der Waals surface area contributed by atoms with Gasteiger partial charge in [-0.3, -0.25) is 0 Å². The Balaban J connectivity index is 2.40. The van der Waals surface area contributed by atoms with Crippen molar-refractivity contribution in [3.63, 3.8) is 0 Å². The molecule has 0 radical (unpaired) electrons. The molecule has 0 fully saturated rings. The number of ether oxygens (including phenoxy) is 1. The Hall–Kier alpha value is -1.49. The van der Waals surface area contributed by atoms with Gasteiger partial charge in [0.2, 0.25) is 0 Å². The number of nitrogens with one attached hydrogen (secondary N) is 2. The van der Waals surface area contributed by atoms with Gasteiger partial charge in [0.15, 0.2) is 0 Å². The molecule has 0 saturated heterocycles. The summed E-state index contributed by atoms with van der Waals surface area (Å²) >= 11 is 0. The summed E-state index contributed by atoms with van der Waals surface area (Å²) in [5, 5.41) is 2.69. The summed E-state index contributed by atoms with van der Waals surface area (Å²) in [6, 6.07) is -0.124. The fraction of sp³-hybridized carbons (Fsp3) is 0.643. The van der Waals surface area contributed by atoms with Crippen LogP contribution >= 0.6 is 0 Å². The molecular formula is C14H25N3O2. The standard InChI is InChI=1S/C14H25N3O2/c1-9-7-16-10(2)12(9)6-11(15)8-17-13(18)19-14(3,4)5/h7,11,16H,6,8,15H2,1-5H3,(H,17,18). The third-order valence-electron chi connectivity index (χ3n) is 2.81. The fourth-order valence-corrected chi connectivity index (χ4v) is 1.86. The summed E-state index contributed by atoms with van der Waals surface area (Å²) in [5.74, 6) is 0. The van der Waals surface area contributed by atoms with Gasteiger partial charge in [0, 0.05) is 24.5 Å². The molecule has 0 bridgehead atoms. The number of aromatic amines is 1. The zero-order valence-electron chi connectivity index (χ0n) is 12.5. The van der Waals surface area contributed by atoms with Crippen molar-refractivity contribution in [3.05, 3.63) is 23.0 Å². The molecule has 1 unspecified atom stereocenters. The largest absolute Gasteiger partial charge is 0.444 e. The maximum Gasteiger partial charge on any atom is 0.407 e. The minimum atomic E-state index is -0.484. The first kappa shape index (κ1) is 15.6. The summed E-state index contributed by atoms with van der Waals surface area (Å²) in [6.07, 6.45) is 2.28. The number of amides is 1. The van der Waals surface area contributed by atoms with Crippen LogP contribution in [0.3, 0.4) is 0 Å². The number of aryl methyl sites for hydroxylation is 2. The van der Waals surface area contributed by atoms with Crippen LogP contribution in [-0.2, 0) is 11.2 Å². The summed E-state index contributed by atoms with van der Waals surface area (Å²) in [7, 11) is 0. The van der Waals surface area contributed by atoms with Gasteiger partial charge in [0.25, 0.3) is 0 Å². The van der Waals surface area contributed by atoms with E-state index in [0.29, 0.717) is 6.54 Å². The van der Waals surface area contributed by atoms with Crippen LogP contribution in [0, 0.1) is 13.8 Å². The zero-order chi connectivity index (χ0) is 14.6. The van der Waals surface area contributed by atoms with Gasteiger partial charge >= 0.3 is 6.09 Å². The van der Waals surface area contributed by atoms with E-state index >= 15 is 0 Å². The van der Waals surface area contributed by atoms with E-state index in [-0.39, 0.29) is 6.04 Å². The number of H-pyrrole nitrogens is 1. The lowest BCUT2D eigenvalue weighted by Gasteiger charge is -2.21. The van der Waals surface area contributed by atoms with Crippen LogP contribution in [0.25, 0.3) is 0 Å². The number of carbonyl (C=O) groups is 1. The molecule has 1 aromatic heterocycles. The van der Waals surface area contributed by atoms with Crippen LogP contribution < -0.4 is 11.1 Å². The van der Waals surface area contributed by atoms with E-state index in [2.05, 4.69) is 10.3 Å². The van der Waals surface area contributed by atoms with Crippen molar-refractivity contribution in [2.45, 2.75) is 52.7 Å². The number of rotatable bonds is 4. The highest BCUT2D eigenvalue weighted by molar-refractivity contribution is 5.67. The lowest BCUT2D eigenvalue weighted by Crippen LogP contribution is -2.41. The zero-order valence-corrected chi connectivity index (χ0v) is 12.5. The molecular weight excluding hydrogens is 242 g/mol. The van der Waals surface area contributed by atoms with Crippen LogP contribution in [0.5, 0.6) is 0 Å². The second kappa shape index (κ2) is 6.10. The molecule has 1 amide bonds. The molecule has 0 aliphatic carbocycles. The molecule has 0 aliphatic rings. The number of hydrogen-bond donors (Lipinski definition) is 3. The van der Waals surface area contributed by atoms with Gasteiger partial charge < -0.3 is 20.8 Å². The number of hydrogen-bond acceptors (Lipinski definition) is 3. The summed E-state index contributed by atoms with van der Waals surface area (Å²) in [5.41, 5.74) is 9.10. The minimum Gasteiger partial charge on any atom is -0.444 e. The highest BCUT2D eigenvalue weighted by atomic mass is 16.6. The van der Waals surface area contributed by atoms with E-state index in [1.165, 1.54) is 11.1 Å². The predicted octanol–water partition coefficient (Wildman–Crippen LogP) is 2.03. The van der Waals surface area contributed by atoms with E-state index < -0.39 is 11.7 Å². The van der Waals surface area contributed by atoms with E-state index in [1.54, 1.807) is 0 Å². The first-order chi connectivity index (χ1) is 8.69. The van der Waals surface area contributed by atoms with Crippen molar-refractivity contribution >= 4 is 6.09 Å². The average Bonchev–Trinajstić information content (AvgIpc) is 2.56. The number of nitrogens with two attached hydrogens (primary N) is 1. The number of carbonyl (C=O) groups excluding carboxylic acids is 1. The van der Waals surface area contributed by atoms with Crippen molar-refractivity contribution < 1.29 is 9.53 Å². The van der Waals surface area contributed by atoms with E-state index in [0.717, 1.165) is 12.1 Å². The highest BCUT2D eigenvalue weighted by Gasteiger charge is 2.17. The SMILES string of the molecule is Cc1c[nH]c(C)c1CC(N)CNC(=O)OC(C)(C)C. The molecule has 19 heavy (non-hydrogen) atoms. The number of aromatic nitrogens is 1. The summed E-state index contributed by atoms with van der Waals surface area (Å²) in [4.78, 5) is 14.7. The van der Waals surface area contributed by atoms with Gasteiger partial charge in [0.1, 0.15) is 5.60 Å². The third kappa shape index (κ3) is 5.34. The van der Waals surface area contributed by atoms with Crippen molar-refractivity contribution in [3.8, 4) is 0 Å². The molecule has 1 heterocycles. The van der Waals surface area contributed by atoms with Crippen molar-refractivity contribution in [2.75, 3.05) is 6.54 Å².